The fourth-order valence-electron chi connectivity index (χ4n) is 5.05. The number of nitrogens with zero attached hydrogens (tertiary/aromatic N) is 5. The molecule has 3 heterocycles. The fourth-order valence-corrected chi connectivity index (χ4v) is 5.05. The van der Waals surface area contributed by atoms with Crippen molar-refractivity contribution in [3.63, 3.8) is 0 Å². The lowest BCUT2D eigenvalue weighted by atomic mass is 9.93. The third-order valence-electron chi connectivity index (χ3n) is 7.24. The van der Waals surface area contributed by atoms with Crippen LogP contribution < -0.4 is 19.9 Å². The van der Waals surface area contributed by atoms with Crippen LogP contribution in [-0.4, -0.2) is 73.2 Å². The molecule has 0 radical (unpaired) electrons. The first-order chi connectivity index (χ1) is 16.7. The molecule has 8 heteroatoms. The predicted molar refractivity (Wildman–Crippen MR) is 135 cm³/mol. The molecule has 0 unspecified atom stereocenters. The zero-order valence-electron chi connectivity index (χ0n) is 20.2. The lowest BCUT2D eigenvalue weighted by Crippen LogP contribution is -2.49. The van der Waals surface area contributed by atoms with Gasteiger partial charge < -0.3 is 24.8 Å². The van der Waals surface area contributed by atoms with Crippen LogP contribution in [0.15, 0.2) is 36.7 Å². The number of nitrogens with one attached hydrogen (secondary N) is 1. The number of benzene rings is 1. The Hall–Kier alpha value is -3.03. The number of hydrogen-bond donors (Lipinski definition) is 1. The van der Waals surface area contributed by atoms with E-state index in [-0.39, 0.29) is 0 Å². The number of rotatable bonds is 8. The summed E-state index contributed by atoms with van der Waals surface area (Å²) in [6.07, 6.45) is 8.04. The summed E-state index contributed by atoms with van der Waals surface area (Å²) in [4.78, 5) is 28.6. The van der Waals surface area contributed by atoms with Gasteiger partial charge in [-0.25, -0.2) is 9.97 Å². The molecule has 1 amide bonds. The highest BCUT2D eigenvalue weighted by molar-refractivity contribution is 5.76. The molecule has 0 spiro atoms. The third kappa shape index (κ3) is 5.72. The molecule has 2 saturated heterocycles. The minimum absolute atomic E-state index is 0.292. The van der Waals surface area contributed by atoms with Gasteiger partial charge >= 0.3 is 0 Å². The Morgan fingerprint density at radius 3 is 2.71 bits per heavy atom. The minimum atomic E-state index is 0.292. The van der Waals surface area contributed by atoms with Gasteiger partial charge in [-0.15, -0.1) is 0 Å². The maximum atomic E-state index is 12.9. The number of ether oxygens (including phenoxy) is 1. The summed E-state index contributed by atoms with van der Waals surface area (Å²) in [5, 5.41) is 3.46. The van der Waals surface area contributed by atoms with Crippen LogP contribution in [0.25, 0.3) is 0 Å². The molecule has 1 aromatic heterocycles. The van der Waals surface area contributed by atoms with E-state index in [2.05, 4.69) is 43.3 Å². The van der Waals surface area contributed by atoms with Crippen molar-refractivity contribution in [1.29, 1.82) is 0 Å². The standard InChI is InChI=1S/C26H36N6O2/c1-34-23-6-2-5-22(16-23)30-12-14-31(15-13-30)26(33)10-7-20-4-3-11-32(18-20)25-17-24(27-19-28-25)29-21-8-9-21/h2,5-6,16-17,19-21H,3-4,7-15,18H2,1H3,(H,27,28,29)/t20-/m0/s1. The molecule has 3 fully saturated rings. The molecular formula is C26H36N6O2. The Labute approximate surface area is 202 Å². The molecule has 1 aromatic carbocycles. The first-order valence-corrected chi connectivity index (χ1v) is 12.7. The van der Waals surface area contributed by atoms with Crippen LogP contribution >= 0.6 is 0 Å². The van der Waals surface area contributed by atoms with Crippen molar-refractivity contribution in [3.05, 3.63) is 36.7 Å². The number of piperazine rings is 1. The monoisotopic (exact) mass is 464 g/mol. The van der Waals surface area contributed by atoms with Gasteiger partial charge in [0, 0.05) is 69.6 Å². The van der Waals surface area contributed by atoms with Gasteiger partial charge in [-0.1, -0.05) is 6.07 Å². The van der Waals surface area contributed by atoms with Crippen molar-refractivity contribution in [3.8, 4) is 5.75 Å². The molecule has 1 saturated carbocycles. The van der Waals surface area contributed by atoms with Gasteiger partial charge in [0.25, 0.3) is 0 Å². The normalized spacial score (nSPS) is 20.9. The van der Waals surface area contributed by atoms with E-state index in [0.29, 0.717) is 24.3 Å². The molecule has 1 N–H and O–H groups in total. The van der Waals surface area contributed by atoms with Gasteiger partial charge in [0.05, 0.1) is 7.11 Å². The summed E-state index contributed by atoms with van der Waals surface area (Å²) in [6.45, 7) is 5.28. The van der Waals surface area contributed by atoms with Crippen LogP contribution in [0.1, 0.15) is 38.5 Å². The molecule has 34 heavy (non-hydrogen) atoms. The SMILES string of the molecule is COc1cccc(N2CCN(C(=O)CC[C@@H]3CCCN(c4cc(NC5CC5)ncn4)C3)CC2)c1. The number of carbonyl (C=O) groups excluding carboxylic acids is 1. The minimum Gasteiger partial charge on any atom is -0.497 e. The fraction of sp³-hybridized carbons (Fsp3) is 0.577. The maximum absolute atomic E-state index is 12.9. The zero-order valence-corrected chi connectivity index (χ0v) is 20.2. The average Bonchev–Trinajstić information content (AvgIpc) is 3.72. The van der Waals surface area contributed by atoms with E-state index in [1.807, 2.05) is 17.0 Å². The van der Waals surface area contributed by atoms with Gasteiger partial charge in [-0.3, -0.25) is 4.79 Å². The van der Waals surface area contributed by atoms with Gasteiger partial charge in [0.15, 0.2) is 0 Å². The number of anilines is 3. The molecule has 2 aromatic rings. The van der Waals surface area contributed by atoms with Crippen molar-refractivity contribution < 1.29 is 9.53 Å². The Balaban J connectivity index is 1.08. The lowest BCUT2D eigenvalue weighted by molar-refractivity contribution is -0.131. The Kier molecular flexibility index (Phi) is 7.02. The second-order valence-electron chi connectivity index (χ2n) is 9.74. The molecule has 182 valence electrons. The molecule has 2 aliphatic heterocycles. The van der Waals surface area contributed by atoms with E-state index >= 15 is 0 Å². The lowest BCUT2D eigenvalue weighted by Gasteiger charge is -2.37. The highest BCUT2D eigenvalue weighted by Crippen LogP contribution is 2.28. The number of piperidine rings is 1. The van der Waals surface area contributed by atoms with Crippen LogP contribution in [0.5, 0.6) is 5.75 Å². The topological polar surface area (TPSA) is 73.8 Å². The van der Waals surface area contributed by atoms with Gasteiger partial charge in [-0.2, -0.15) is 0 Å². The van der Waals surface area contributed by atoms with Crippen LogP contribution in [-0.2, 0) is 4.79 Å². The Bertz CT molecular complexity index is 973. The smallest absolute Gasteiger partial charge is 0.222 e. The van der Waals surface area contributed by atoms with Crippen molar-refractivity contribution in [2.45, 2.75) is 44.6 Å². The van der Waals surface area contributed by atoms with E-state index in [1.54, 1.807) is 13.4 Å². The first kappa shape index (κ1) is 22.7. The molecule has 5 rings (SSSR count). The second-order valence-corrected chi connectivity index (χ2v) is 9.74. The predicted octanol–water partition coefficient (Wildman–Crippen LogP) is 3.40. The van der Waals surface area contributed by atoms with E-state index in [9.17, 15) is 4.79 Å². The van der Waals surface area contributed by atoms with Crippen molar-refractivity contribution >= 4 is 23.2 Å². The van der Waals surface area contributed by atoms with Crippen molar-refractivity contribution in [1.82, 2.24) is 14.9 Å². The second kappa shape index (κ2) is 10.5. The molecular weight excluding hydrogens is 428 g/mol. The largest absolute Gasteiger partial charge is 0.497 e. The van der Waals surface area contributed by atoms with E-state index in [0.717, 1.165) is 75.2 Å². The highest BCUT2D eigenvalue weighted by Gasteiger charge is 2.26. The van der Waals surface area contributed by atoms with Gasteiger partial charge in [-0.05, 0) is 50.2 Å². The van der Waals surface area contributed by atoms with Crippen LogP contribution in [0.2, 0.25) is 0 Å². The van der Waals surface area contributed by atoms with E-state index in [4.69, 9.17) is 4.74 Å². The molecule has 8 nitrogen and oxygen atoms in total. The number of carbonyl (C=O) groups is 1. The van der Waals surface area contributed by atoms with Crippen LogP contribution in [0.3, 0.4) is 0 Å². The summed E-state index contributed by atoms with van der Waals surface area (Å²) in [5.41, 5.74) is 1.16. The summed E-state index contributed by atoms with van der Waals surface area (Å²) >= 11 is 0. The number of methoxy groups -OCH3 is 1. The van der Waals surface area contributed by atoms with Gasteiger partial charge in [0.1, 0.15) is 23.7 Å². The molecule has 1 aliphatic carbocycles. The molecule has 3 aliphatic rings. The zero-order chi connectivity index (χ0) is 23.3. The molecule has 1 atom stereocenters. The summed E-state index contributed by atoms with van der Waals surface area (Å²) in [6, 6.07) is 10.8. The third-order valence-corrected chi connectivity index (χ3v) is 7.24. The van der Waals surface area contributed by atoms with Crippen molar-refractivity contribution in [2.24, 2.45) is 5.92 Å². The number of aromatic nitrogens is 2. The molecule has 0 bridgehead atoms. The summed E-state index contributed by atoms with van der Waals surface area (Å²) in [7, 11) is 1.69. The maximum Gasteiger partial charge on any atom is 0.222 e. The van der Waals surface area contributed by atoms with E-state index in [1.165, 1.54) is 19.3 Å². The average molecular weight is 465 g/mol. The highest BCUT2D eigenvalue weighted by atomic mass is 16.5. The number of hydrogen-bond acceptors (Lipinski definition) is 7. The van der Waals surface area contributed by atoms with E-state index < -0.39 is 0 Å². The number of amides is 1. The van der Waals surface area contributed by atoms with Crippen LogP contribution in [0.4, 0.5) is 17.3 Å². The Morgan fingerprint density at radius 2 is 1.91 bits per heavy atom. The van der Waals surface area contributed by atoms with Gasteiger partial charge in [0.2, 0.25) is 5.91 Å². The van der Waals surface area contributed by atoms with Crippen molar-refractivity contribution in [2.75, 3.05) is 61.5 Å². The summed E-state index contributed by atoms with van der Waals surface area (Å²) in [5.74, 6) is 3.63. The summed E-state index contributed by atoms with van der Waals surface area (Å²) < 4.78 is 5.35. The first-order valence-electron chi connectivity index (χ1n) is 12.7. The quantitative estimate of drug-likeness (QED) is 0.642. The van der Waals surface area contributed by atoms with Crippen LogP contribution in [0, 0.1) is 5.92 Å². The Morgan fingerprint density at radius 1 is 1.06 bits per heavy atom.